The van der Waals surface area contributed by atoms with Crippen molar-refractivity contribution in [2.75, 3.05) is 0 Å². The van der Waals surface area contributed by atoms with Gasteiger partial charge in [-0.05, 0) is 11.1 Å². The number of rotatable bonds is 4. The molecule has 0 saturated carbocycles. The molecule has 0 bridgehead atoms. The lowest BCUT2D eigenvalue weighted by Gasteiger charge is -2.39. The summed E-state index contributed by atoms with van der Waals surface area (Å²) in [6.07, 6.45) is 0. The van der Waals surface area contributed by atoms with Gasteiger partial charge in [-0.25, -0.2) is 0 Å². The van der Waals surface area contributed by atoms with Crippen LogP contribution >= 0.6 is 0 Å². The highest BCUT2D eigenvalue weighted by Crippen LogP contribution is 2.24. The fourth-order valence-electron chi connectivity index (χ4n) is 1.12. The molecule has 1 N–H and O–H groups in total. The lowest BCUT2D eigenvalue weighted by atomic mass is 10.6. The zero-order chi connectivity index (χ0) is 10.9. The summed E-state index contributed by atoms with van der Waals surface area (Å²) in [6, 6.07) is 0. The van der Waals surface area contributed by atoms with Crippen molar-refractivity contribution in [3.63, 3.8) is 0 Å². The quantitative estimate of drug-likeness (QED) is 0.706. The van der Waals surface area contributed by atoms with Crippen molar-refractivity contribution in [2.24, 2.45) is 0 Å². The van der Waals surface area contributed by atoms with Crippen LogP contribution in [0.3, 0.4) is 0 Å². The van der Waals surface area contributed by atoms with Crippen LogP contribution in [0.25, 0.3) is 0 Å². The molecule has 0 saturated heterocycles. The second-order valence-electron chi connectivity index (χ2n) is 5.88. The fraction of sp³-hybridized carbons (Fsp3) is 1.00. The Morgan fingerprint density at radius 3 is 1.08 bits per heavy atom. The van der Waals surface area contributed by atoms with Gasteiger partial charge < -0.3 is 4.65 Å². The predicted molar refractivity (Wildman–Crippen MR) is 68.3 cm³/mol. The van der Waals surface area contributed by atoms with E-state index in [2.05, 4.69) is 58.5 Å². The predicted octanol–water partition coefficient (Wildman–Crippen LogP) is 3.81. The van der Waals surface area contributed by atoms with E-state index >= 15 is 0 Å². The minimum absolute atomic E-state index is 0.832. The third kappa shape index (κ3) is 3.96. The van der Waals surface area contributed by atoms with Gasteiger partial charge in [0.1, 0.15) is 16.5 Å². The van der Waals surface area contributed by atoms with Crippen LogP contribution in [-0.4, -0.2) is 16.5 Å². The molecule has 0 aliphatic rings. The molecule has 0 fully saturated rings. The van der Waals surface area contributed by atoms with Crippen LogP contribution < -0.4 is 4.65 Å². The highest BCUT2D eigenvalue weighted by Gasteiger charge is 2.35. The molecule has 0 atom stereocenters. The second-order valence-corrected chi connectivity index (χ2v) is 16.1. The van der Waals surface area contributed by atoms with Gasteiger partial charge in [-0.3, -0.25) is 0 Å². The van der Waals surface area contributed by atoms with Gasteiger partial charge in [0.15, 0.2) is 0 Å². The van der Waals surface area contributed by atoms with Crippen molar-refractivity contribution in [1.82, 2.24) is 4.65 Å². The van der Waals surface area contributed by atoms with Crippen LogP contribution in [0, 0.1) is 0 Å². The van der Waals surface area contributed by atoms with Crippen molar-refractivity contribution >= 4 is 16.5 Å². The molecule has 0 radical (unpaired) electrons. The maximum absolute atomic E-state index is 4.01. The maximum Gasteiger partial charge on any atom is 0.115 e. The van der Waals surface area contributed by atoms with Crippen molar-refractivity contribution in [2.45, 2.75) is 65.0 Å². The molecule has 0 aromatic heterocycles. The third-order valence-electron chi connectivity index (χ3n) is 3.53. The van der Waals surface area contributed by atoms with Gasteiger partial charge in [-0.1, -0.05) is 53.9 Å². The monoisotopic (exact) mass is 217 g/mol. The van der Waals surface area contributed by atoms with Gasteiger partial charge in [0, 0.05) is 0 Å². The Balaban J connectivity index is 4.42. The molecule has 0 amide bonds. The van der Waals surface area contributed by atoms with Gasteiger partial charge in [0.2, 0.25) is 0 Å². The maximum atomic E-state index is 4.01. The van der Waals surface area contributed by atoms with Gasteiger partial charge in [-0.15, -0.1) is 0 Å². The first-order chi connectivity index (χ1) is 5.59. The summed E-state index contributed by atoms with van der Waals surface area (Å²) in [5, 5.41) is 0. The van der Waals surface area contributed by atoms with E-state index in [4.69, 9.17) is 0 Å². The summed E-state index contributed by atoms with van der Waals surface area (Å²) in [6.45, 7) is 19.2. The average Bonchev–Trinajstić information content (AvgIpc) is 1.83. The van der Waals surface area contributed by atoms with E-state index in [1.54, 1.807) is 0 Å². The molecule has 0 aliphatic heterocycles. The normalized spacial score (nSPS) is 14.3. The molecule has 0 spiro atoms. The molecule has 1 nitrogen and oxygen atoms in total. The molecule has 3 heteroatoms. The Hall–Kier alpha value is 0.394. The number of nitrogens with one attached hydrogen (secondary N) is 1. The van der Waals surface area contributed by atoms with E-state index in [0.29, 0.717) is 0 Å². The van der Waals surface area contributed by atoms with Crippen LogP contribution in [0.4, 0.5) is 0 Å². The molecule has 0 aromatic carbocycles. The van der Waals surface area contributed by atoms with E-state index in [-0.39, 0.29) is 0 Å². The van der Waals surface area contributed by atoms with E-state index in [1.165, 1.54) is 0 Å². The van der Waals surface area contributed by atoms with Gasteiger partial charge in [0.05, 0.1) is 0 Å². The number of hydrogen-bond acceptors (Lipinski definition) is 1. The van der Waals surface area contributed by atoms with Crippen LogP contribution in [-0.2, 0) is 0 Å². The van der Waals surface area contributed by atoms with Crippen molar-refractivity contribution in [1.29, 1.82) is 0 Å². The zero-order valence-electron chi connectivity index (χ0n) is 10.7. The fourth-order valence-corrected chi connectivity index (χ4v) is 10.1. The Kier molecular flexibility index (Phi) is 4.41. The number of hydrogen-bond donors (Lipinski definition) is 1. The summed E-state index contributed by atoms with van der Waals surface area (Å²) in [4.78, 5) is 0. The van der Waals surface area contributed by atoms with E-state index in [1.807, 2.05) is 0 Å². The topological polar surface area (TPSA) is 12.0 Å². The standard InChI is InChI=1S/C10H27NSi2/c1-9(2)12(5,6)11-13(7,8)10(3)4/h9-11H,1-8H3. The lowest BCUT2D eigenvalue weighted by Crippen LogP contribution is -2.61. The Morgan fingerprint density at radius 2 is 0.923 bits per heavy atom. The molecule has 0 heterocycles. The molecular weight excluding hydrogens is 190 g/mol. The lowest BCUT2D eigenvalue weighted by molar-refractivity contribution is 0.935. The average molecular weight is 218 g/mol. The molecule has 80 valence electrons. The summed E-state index contributed by atoms with van der Waals surface area (Å²) in [5.74, 6) is 0. The van der Waals surface area contributed by atoms with Gasteiger partial charge in [0.25, 0.3) is 0 Å². The highest BCUT2D eigenvalue weighted by molar-refractivity contribution is 6.92. The molecule has 13 heavy (non-hydrogen) atoms. The first kappa shape index (κ1) is 13.4. The van der Waals surface area contributed by atoms with Crippen LogP contribution in [0.2, 0.25) is 37.3 Å². The summed E-state index contributed by atoms with van der Waals surface area (Å²) >= 11 is 0. The van der Waals surface area contributed by atoms with Crippen molar-refractivity contribution in [3.8, 4) is 0 Å². The zero-order valence-corrected chi connectivity index (χ0v) is 12.7. The first-order valence-electron chi connectivity index (χ1n) is 5.39. The Morgan fingerprint density at radius 1 is 0.692 bits per heavy atom. The molecule has 0 aliphatic carbocycles. The Labute approximate surface area is 86.5 Å². The van der Waals surface area contributed by atoms with E-state index in [9.17, 15) is 0 Å². The minimum atomic E-state index is -1.17. The molecule has 0 aromatic rings. The molecule has 0 unspecified atom stereocenters. The highest BCUT2D eigenvalue weighted by atomic mass is 28.4. The van der Waals surface area contributed by atoms with Crippen LogP contribution in [0.5, 0.6) is 0 Å². The van der Waals surface area contributed by atoms with Crippen molar-refractivity contribution < 1.29 is 0 Å². The third-order valence-corrected chi connectivity index (χ3v) is 14.5. The summed E-state index contributed by atoms with van der Waals surface area (Å²) in [7, 11) is -2.33. The second kappa shape index (κ2) is 4.28. The first-order valence-corrected chi connectivity index (χ1v) is 11.5. The van der Waals surface area contributed by atoms with Crippen LogP contribution in [0.15, 0.2) is 0 Å². The molecular formula is C10H27NSi2. The minimum Gasteiger partial charge on any atom is -0.359 e. The van der Waals surface area contributed by atoms with Crippen LogP contribution in [0.1, 0.15) is 27.7 Å². The summed E-state index contributed by atoms with van der Waals surface area (Å²) in [5.41, 5.74) is 1.66. The molecule has 0 rings (SSSR count). The van der Waals surface area contributed by atoms with E-state index < -0.39 is 16.5 Å². The van der Waals surface area contributed by atoms with Gasteiger partial charge in [-0.2, -0.15) is 0 Å². The van der Waals surface area contributed by atoms with E-state index in [0.717, 1.165) is 11.1 Å². The Bertz CT molecular complexity index is 144. The summed E-state index contributed by atoms with van der Waals surface area (Å²) < 4.78 is 4.01. The largest absolute Gasteiger partial charge is 0.359 e. The smallest absolute Gasteiger partial charge is 0.115 e. The SMILES string of the molecule is CC(C)[Si](C)(C)N[Si](C)(C)C(C)C. The van der Waals surface area contributed by atoms with Crippen molar-refractivity contribution in [3.05, 3.63) is 0 Å². The van der Waals surface area contributed by atoms with Gasteiger partial charge >= 0.3 is 0 Å².